The van der Waals surface area contributed by atoms with Gasteiger partial charge in [0.2, 0.25) is 0 Å². The van der Waals surface area contributed by atoms with E-state index in [2.05, 4.69) is 0 Å². The molecule has 0 aromatic heterocycles. The topological polar surface area (TPSA) is 64.7 Å². The Morgan fingerprint density at radius 2 is 1.93 bits per heavy atom. The number of carbonyl (C=O) groups excluding carboxylic acids is 1. The molecule has 1 aromatic carbocycles. The molecule has 15 heavy (non-hydrogen) atoms. The van der Waals surface area contributed by atoms with Crippen molar-refractivity contribution in [1.29, 1.82) is 10.5 Å². The first-order valence-electron chi connectivity index (χ1n) is 4.26. The van der Waals surface area contributed by atoms with Crippen LogP contribution in [0.2, 0.25) is 0 Å². The molecule has 0 unspecified atom stereocenters. The van der Waals surface area contributed by atoms with Gasteiger partial charge >= 0.3 is 0 Å². The Balaban J connectivity index is 2.84. The van der Waals surface area contributed by atoms with Gasteiger partial charge in [-0.25, -0.2) is 4.39 Å². The van der Waals surface area contributed by atoms with Crippen molar-refractivity contribution < 1.29 is 9.18 Å². The zero-order valence-corrected chi connectivity index (χ0v) is 7.77. The lowest BCUT2D eigenvalue weighted by atomic mass is 10.0. The van der Waals surface area contributed by atoms with Crippen LogP contribution in [0.15, 0.2) is 24.3 Å². The molecule has 1 rings (SSSR count). The third-order valence-corrected chi connectivity index (χ3v) is 1.88. The summed E-state index contributed by atoms with van der Waals surface area (Å²) in [5.74, 6) is -2.17. The van der Waals surface area contributed by atoms with Crippen molar-refractivity contribution in [3.05, 3.63) is 35.6 Å². The number of nitrogens with zero attached hydrogens (tertiary/aromatic N) is 2. The predicted octanol–water partition coefficient (Wildman–Crippen LogP) is 2.06. The molecule has 74 valence electrons. The maximum absolute atomic E-state index is 13.1. The van der Waals surface area contributed by atoms with Gasteiger partial charge in [0.25, 0.3) is 0 Å². The van der Waals surface area contributed by atoms with E-state index in [4.69, 9.17) is 10.5 Å². The van der Waals surface area contributed by atoms with E-state index >= 15 is 0 Å². The minimum absolute atomic E-state index is 0.0759. The highest BCUT2D eigenvalue weighted by Gasteiger charge is 2.16. The number of hydrogen-bond donors (Lipinski definition) is 0. The van der Waals surface area contributed by atoms with Crippen LogP contribution in [0.5, 0.6) is 0 Å². The molecule has 0 aliphatic rings. The number of benzene rings is 1. The van der Waals surface area contributed by atoms with Gasteiger partial charge in [-0.05, 0) is 12.1 Å². The molecule has 0 bridgehead atoms. The summed E-state index contributed by atoms with van der Waals surface area (Å²) in [7, 11) is 0. The van der Waals surface area contributed by atoms with E-state index in [1.54, 1.807) is 12.1 Å². The fraction of sp³-hybridized carbons (Fsp3) is 0.182. The molecule has 0 N–H and O–H groups in total. The number of halogens is 1. The normalized spacial score (nSPS) is 9.33. The third-order valence-electron chi connectivity index (χ3n) is 1.88. The Morgan fingerprint density at radius 3 is 2.47 bits per heavy atom. The first-order valence-corrected chi connectivity index (χ1v) is 4.26. The molecule has 0 atom stereocenters. The van der Waals surface area contributed by atoms with Gasteiger partial charge in [-0.3, -0.25) is 4.79 Å². The Bertz CT molecular complexity index is 442. The van der Waals surface area contributed by atoms with E-state index in [1.165, 1.54) is 24.3 Å². The van der Waals surface area contributed by atoms with Crippen molar-refractivity contribution in [3.8, 4) is 12.1 Å². The zero-order valence-electron chi connectivity index (χ0n) is 7.77. The van der Waals surface area contributed by atoms with Crippen LogP contribution in [-0.2, 0) is 0 Å². The average molecular weight is 202 g/mol. The molecule has 0 spiro atoms. The second-order valence-electron chi connectivity index (χ2n) is 2.92. The average Bonchev–Trinajstić information content (AvgIpc) is 2.26. The maximum atomic E-state index is 13.1. The molecule has 3 nitrogen and oxygen atoms in total. The van der Waals surface area contributed by atoms with Crippen molar-refractivity contribution >= 4 is 5.78 Å². The van der Waals surface area contributed by atoms with E-state index < -0.39 is 17.5 Å². The largest absolute Gasteiger partial charge is 0.294 e. The summed E-state index contributed by atoms with van der Waals surface area (Å²) in [5.41, 5.74) is -0.0759. The highest BCUT2D eigenvalue weighted by Crippen LogP contribution is 2.12. The molecular weight excluding hydrogens is 195 g/mol. The Hall–Kier alpha value is -2.20. The Labute approximate surface area is 86.4 Å². The van der Waals surface area contributed by atoms with Crippen LogP contribution in [0.1, 0.15) is 16.8 Å². The summed E-state index contributed by atoms with van der Waals surface area (Å²) in [4.78, 5) is 11.5. The van der Waals surface area contributed by atoms with Crippen LogP contribution in [-0.4, -0.2) is 5.78 Å². The lowest BCUT2D eigenvalue weighted by molar-refractivity contribution is 0.0973. The maximum Gasteiger partial charge on any atom is 0.168 e. The highest BCUT2D eigenvalue weighted by atomic mass is 19.1. The number of nitriles is 2. The van der Waals surface area contributed by atoms with Gasteiger partial charge in [0.1, 0.15) is 11.7 Å². The monoisotopic (exact) mass is 202 g/mol. The van der Waals surface area contributed by atoms with E-state index in [1.807, 2.05) is 0 Å². The molecular formula is C11H7FN2O. The van der Waals surface area contributed by atoms with Gasteiger partial charge in [-0.1, -0.05) is 12.1 Å². The van der Waals surface area contributed by atoms with Crippen molar-refractivity contribution in [2.45, 2.75) is 6.42 Å². The number of hydrogen-bond acceptors (Lipinski definition) is 3. The van der Waals surface area contributed by atoms with Crippen LogP contribution >= 0.6 is 0 Å². The lowest BCUT2D eigenvalue weighted by Crippen LogP contribution is -2.07. The lowest BCUT2D eigenvalue weighted by Gasteiger charge is -2.01. The van der Waals surface area contributed by atoms with Crippen LogP contribution < -0.4 is 0 Å². The first-order chi connectivity index (χ1) is 7.19. The van der Waals surface area contributed by atoms with Crippen LogP contribution in [0.3, 0.4) is 0 Å². The van der Waals surface area contributed by atoms with E-state index in [-0.39, 0.29) is 12.0 Å². The molecule has 0 saturated carbocycles. The molecule has 0 heterocycles. The number of ketones is 1. The molecule has 1 aromatic rings. The van der Waals surface area contributed by atoms with Gasteiger partial charge in [-0.15, -0.1) is 0 Å². The third kappa shape index (κ3) is 2.62. The molecule has 0 aliphatic carbocycles. The summed E-state index contributed by atoms with van der Waals surface area (Å²) >= 11 is 0. The summed E-state index contributed by atoms with van der Waals surface area (Å²) in [6.07, 6.45) is -0.270. The molecule has 0 saturated heterocycles. The summed E-state index contributed by atoms with van der Waals surface area (Å²) in [6, 6.07) is 8.84. The minimum atomic E-state index is -1.02. The number of carbonyl (C=O) groups is 1. The van der Waals surface area contributed by atoms with Crippen LogP contribution in [0.4, 0.5) is 4.39 Å². The summed E-state index contributed by atoms with van der Waals surface area (Å²) in [6.45, 7) is 0. The SMILES string of the molecule is N#CC(C#N)CC(=O)c1ccccc1F. The smallest absolute Gasteiger partial charge is 0.168 e. The standard InChI is InChI=1S/C11H7FN2O/c12-10-4-2-1-3-9(10)11(15)5-8(6-13)7-14/h1-4,8H,5H2. The van der Waals surface area contributed by atoms with E-state index in [0.29, 0.717) is 0 Å². The Kier molecular flexibility index (Phi) is 3.54. The van der Waals surface area contributed by atoms with Crippen LogP contribution in [0.25, 0.3) is 0 Å². The number of rotatable bonds is 3. The fourth-order valence-electron chi connectivity index (χ4n) is 1.10. The molecule has 0 fully saturated rings. The highest BCUT2D eigenvalue weighted by molar-refractivity contribution is 5.96. The van der Waals surface area contributed by atoms with Gasteiger partial charge in [0, 0.05) is 6.42 Å². The second-order valence-corrected chi connectivity index (χ2v) is 2.92. The van der Waals surface area contributed by atoms with Crippen LogP contribution in [0, 0.1) is 34.4 Å². The van der Waals surface area contributed by atoms with Crippen molar-refractivity contribution in [2.24, 2.45) is 5.92 Å². The first kappa shape index (κ1) is 10.9. The number of Topliss-reactive ketones (excluding diaryl/α,β-unsaturated/α-hetero) is 1. The predicted molar refractivity (Wildman–Crippen MR) is 50.1 cm³/mol. The van der Waals surface area contributed by atoms with E-state index in [0.717, 1.165) is 0 Å². The molecule has 0 aliphatic heterocycles. The molecule has 0 radical (unpaired) electrons. The second kappa shape index (κ2) is 4.88. The van der Waals surface area contributed by atoms with Crippen molar-refractivity contribution in [3.63, 3.8) is 0 Å². The van der Waals surface area contributed by atoms with Gasteiger partial charge in [-0.2, -0.15) is 10.5 Å². The minimum Gasteiger partial charge on any atom is -0.294 e. The van der Waals surface area contributed by atoms with Crippen molar-refractivity contribution in [2.75, 3.05) is 0 Å². The van der Waals surface area contributed by atoms with Gasteiger partial charge in [0.05, 0.1) is 17.7 Å². The Morgan fingerprint density at radius 1 is 1.33 bits per heavy atom. The van der Waals surface area contributed by atoms with Crippen molar-refractivity contribution in [1.82, 2.24) is 0 Å². The fourth-order valence-corrected chi connectivity index (χ4v) is 1.10. The summed E-state index contributed by atoms with van der Waals surface area (Å²) < 4.78 is 13.1. The van der Waals surface area contributed by atoms with Gasteiger partial charge < -0.3 is 0 Å². The molecule has 0 amide bonds. The quantitative estimate of drug-likeness (QED) is 0.704. The molecule has 4 heteroatoms. The summed E-state index contributed by atoms with van der Waals surface area (Å²) in [5, 5.41) is 16.9. The van der Waals surface area contributed by atoms with Gasteiger partial charge in [0.15, 0.2) is 5.78 Å². The zero-order chi connectivity index (χ0) is 11.3. The van der Waals surface area contributed by atoms with E-state index in [9.17, 15) is 9.18 Å².